The van der Waals surface area contributed by atoms with Gasteiger partial charge in [0.25, 0.3) is 0 Å². The maximum Gasteiger partial charge on any atom is 0.161 e. The highest BCUT2D eigenvalue weighted by Crippen LogP contribution is 2.35. The fourth-order valence-corrected chi connectivity index (χ4v) is 3.59. The van der Waals surface area contributed by atoms with Crippen molar-refractivity contribution in [1.29, 1.82) is 0 Å². The zero-order valence-electron chi connectivity index (χ0n) is 14.9. The van der Waals surface area contributed by atoms with Crippen LogP contribution in [0.3, 0.4) is 0 Å². The Bertz CT molecular complexity index is 683. The summed E-state index contributed by atoms with van der Waals surface area (Å²) in [5.74, 6) is 1.64. The van der Waals surface area contributed by atoms with Crippen molar-refractivity contribution in [2.24, 2.45) is 0 Å². The summed E-state index contributed by atoms with van der Waals surface area (Å²) in [6.45, 7) is 6.90. The van der Waals surface area contributed by atoms with Crippen LogP contribution >= 0.6 is 0 Å². The minimum absolute atomic E-state index is 0.516. The summed E-state index contributed by atoms with van der Waals surface area (Å²) in [5, 5.41) is 0. The molecule has 3 heteroatoms. The Morgan fingerprint density at radius 3 is 2.75 bits per heavy atom. The Balaban J connectivity index is 1.77. The second-order valence-corrected chi connectivity index (χ2v) is 6.46. The zero-order chi connectivity index (χ0) is 16.9. The van der Waals surface area contributed by atoms with Gasteiger partial charge >= 0.3 is 0 Å². The average Bonchev–Trinajstić information content (AvgIpc) is 3.04. The van der Waals surface area contributed by atoms with Crippen LogP contribution in [0.4, 0.5) is 0 Å². The second-order valence-electron chi connectivity index (χ2n) is 6.46. The molecular weight excluding hydrogens is 298 g/mol. The van der Waals surface area contributed by atoms with Gasteiger partial charge in [-0.1, -0.05) is 35.9 Å². The number of hydrogen-bond donors (Lipinski definition) is 0. The van der Waals surface area contributed by atoms with Crippen LogP contribution in [0.5, 0.6) is 11.5 Å². The molecule has 0 radical (unpaired) electrons. The maximum absolute atomic E-state index is 5.62. The van der Waals surface area contributed by atoms with Crippen molar-refractivity contribution in [3.8, 4) is 11.5 Å². The van der Waals surface area contributed by atoms with Gasteiger partial charge in [-0.05, 0) is 56.5 Å². The van der Waals surface area contributed by atoms with Crippen LogP contribution in [0.2, 0.25) is 0 Å². The van der Waals surface area contributed by atoms with E-state index in [0.717, 1.165) is 24.6 Å². The molecule has 3 nitrogen and oxygen atoms in total. The van der Waals surface area contributed by atoms with Crippen molar-refractivity contribution < 1.29 is 9.47 Å². The highest BCUT2D eigenvalue weighted by molar-refractivity contribution is 5.43. The number of hydrogen-bond acceptors (Lipinski definition) is 3. The average molecular weight is 325 g/mol. The highest BCUT2D eigenvalue weighted by Gasteiger charge is 2.26. The molecule has 2 aromatic rings. The third kappa shape index (κ3) is 3.73. The third-order valence-corrected chi connectivity index (χ3v) is 4.70. The monoisotopic (exact) mass is 325 g/mol. The van der Waals surface area contributed by atoms with Gasteiger partial charge in [0.15, 0.2) is 11.5 Å². The molecule has 1 atom stereocenters. The Hall–Kier alpha value is -2.00. The lowest BCUT2D eigenvalue weighted by Crippen LogP contribution is -2.22. The number of nitrogens with zero attached hydrogens (tertiary/aromatic N) is 1. The first-order valence-corrected chi connectivity index (χ1v) is 8.81. The van der Waals surface area contributed by atoms with Crippen LogP contribution < -0.4 is 9.47 Å². The van der Waals surface area contributed by atoms with Gasteiger partial charge in [0, 0.05) is 12.6 Å². The van der Waals surface area contributed by atoms with Gasteiger partial charge in [-0.3, -0.25) is 4.90 Å². The highest BCUT2D eigenvalue weighted by atomic mass is 16.5. The first kappa shape index (κ1) is 16.8. The zero-order valence-corrected chi connectivity index (χ0v) is 14.9. The Morgan fingerprint density at radius 2 is 2.00 bits per heavy atom. The molecule has 2 aromatic carbocycles. The molecule has 128 valence electrons. The summed E-state index contributed by atoms with van der Waals surface area (Å²) < 4.78 is 11.1. The number of aryl methyl sites for hydroxylation is 1. The van der Waals surface area contributed by atoms with E-state index in [2.05, 4.69) is 48.2 Å². The smallest absolute Gasteiger partial charge is 0.161 e. The van der Waals surface area contributed by atoms with Crippen molar-refractivity contribution in [2.45, 2.75) is 39.3 Å². The van der Waals surface area contributed by atoms with Crippen LogP contribution in [-0.2, 0) is 6.54 Å². The molecule has 1 fully saturated rings. The molecule has 0 amide bonds. The third-order valence-electron chi connectivity index (χ3n) is 4.70. The lowest BCUT2D eigenvalue weighted by atomic mass is 10.0. The van der Waals surface area contributed by atoms with E-state index in [1.54, 1.807) is 7.11 Å². The molecule has 0 spiro atoms. The predicted molar refractivity (Wildman–Crippen MR) is 97.7 cm³/mol. The molecule has 0 aliphatic carbocycles. The van der Waals surface area contributed by atoms with Crippen LogP contribution in [0.1, 0.15) is 42.5 Å². The Morgan fingerprint density at radius 1 is 1.12 bits per heavy atom. The van der Waals surface area contributed by atoms with E-state index < -0.39 is 0 Å². The molecule has 3 rings (SSSR count). The van der Waals surface area contributed by atoms with E-state index in [4.69, 9.17) is 9.47 Å². The van der Waals surface area contributed by atoms with Crippen molar-refractivity contribution in [1.82, 2.24) is 4.90 Å². The molecule has 1 heterocycles. The summed E-state index contributed by atoms with van der Waals surface area (Å²) in [6.07, 6.45) is 2.49. The number of benzene rings is 2. The lowest BCUT2D eigenvalue weighted by Gasteiger charge is -2.25. The van der Waals surface area contributed by atoms with Crippen LogP contribution in [0, 0.1) is 6.92 Å². The molecule has 1 unspecified atom stereocenters. The maximum atomic E-state index is 5.62. The molecule has 0 aromatic heterocycles. The quantitative estimate of drug-likeness (QED) is 0.766. The summed E-state index contributed by atoms with van der Waals surface area (Å²) in [6, 6.07) is 15.7. The molecule has 1 aliphatic heterocycles. The Labute approximate surface area is 145 Å². The SMILES string of the molecule is CCOc1ccc(CN2CCCC2c2cccc(C)c2)cc1OC. The molecule has 1 saturated heterocycles. The normalized spacial score (nSPS) is 17.9. The molecular formula is C21H27NO2. The van der Waals surface area contributed by atoms with Crippen molar-refractivity contribution in [2.75, 3.05) is 20.3 Å². The van der Waals surface area contributed by atoms with Gasteiger partial charge in [0.1, 0.15) is 0 Å². The lowest BCUT2D eigenvalue weighted by molar-refractivity contribution is 0.247. The molecule has 0 N–H and O–H groups in total. The number of methoxy groups -OCH3 is 1. The number of ether oxygens (including phenoxy) is 2. The van der Waals surface area contributed by atoms with Crippen LogP contribution in [0.15, 0.2) is 42.5 Å². The summed E-state index contributed by atoms with van der Waals surface area (Å²) in [4.78, 5) is 2.57. The van der Waals surface area contributed by atoms with Gasteiger partial charge in [0.05, 0.1) is 13.7 Å². The van der Waals surface area contributed by atoms with Crippen molar-refractivity contribution >= 4 is 0 Å². The first-order valence-electron chi connectivity index (χ1n) is 8.81. The summed E-state index contributed by atoms with van der Waals surface area (Å²) in [7, 11) is 1.70. The van der Waals surface area contributed by atoms with Gasteiger partial charge in [0.2, 0.25) is 0 Å². The fraction of sp³-hybridized carbons (Fsp3) is 0.429. The number of rotatable bonds is 6. The molecule has 1 aliphatic rings. The predicted octanol–water partition coefficient (Wildman–Crippen LogP) is 4.74. The minimum atomic E-state index is 0.516. The standard InChI is InChI=1S/C21H27NO2/c1-4-24-20-11-10-17(14-21(20)23-3)15-22-12-6-9-19(22)18-8-5-7-16(2)13-18/h5,7-8,10-11,13-14,19H,4,6,9,12,15H2,1-3H3. The molecule has 0 saturated carbocycles. The number of likely N-dealkylation sites (tertiary alicyclic amines) is 1. The minimum Gasteiger partial charge on any atom is -0.493 e. The topological polar surface area (TPSA) is 21.7 Å². The first-order chi connectivity index (χ1) is 11.7. The van der Waals surface area contributed by atoms with Crippen molar-refractivity contribution in [3.63, 3.8) is 0 Å². The van der Waals surface area contributed by atoms with Crippen LogP contribution in [0.25, 0.3) is 0 Å². The van der Waals surface area contributed by atoms with Gasteiger partial charge in [-0.15, -0.1) is 0 Å². The fourth-order valence-electron chi connectivity index (χ4n) is 3.59. The summed E-state index contributed by atoms with van der Waals surface area (Å²) >= 11 is 0. The van der Waals surface area contributed by atoms with E-state index in [0.29, 0.717) is 12.6 Å². The van der Waals surface area contributed by atoms with E-state index in [1.165, 1.54) is 29.5 Å². The van der Waals surface area contributed by atoms with E-state index in [1.807, 2.05) is 13.0 Å². The van der Waals surface area contributed by atoms with E-state index in [-0.39, 0.29) is 0 Å². The van der Waals surface area contributed by atoms with Crippen molar-refractivity contribution in [3.05, 3.63) is 59.2 Å². The van der Waals surface area contributed by atoms with Gasteiger partial charge in [-0.2, -0.15) is 0 Å². The van der Waals surface area contributed by atoms with Gasteiger partial charge < -0.3 is 9.47 Å². The largest absolute Gasteiger partial charge is 0.493 e. The van der Waals surface area contributed by atoms with E-state index in [9.17, 15) is 0 Å². The molecule has 0 bridgehead atoms. The van der Waals surface area contributed by atoms with E-state index >= 15 is 0 Å². The van der Waals surface area contributed by atoms with Crippen LogP contribution in [-0.4, -0.2) is 25.2 Å². The summed E-state index contributed by atoms with van der Waals surface area (Å²) in [5.41, 5.74) is 4.04. The second kappa shape index (κ2) is 7.71. The Kier molecular flexibility index (Phi) is 5.41. The van der Waals surface area contributed by atoms with Gasteiger partial charge in [-0.25, -0.2) is 0 Å². The molecule has 24 heavy (non-hydrogen) atoms.